The summed E-state index contributed by atoms with van der Waals surface area (Å²) >= 11 is 7.56. The van der Waals surface area contributed by atoms with E-state index in [-0.39, 0.29) is 37.0 Å². The van der Waals surface area contributed by atoms with Crippen LogP contribution in [0.1, 0.15) is 73.1 Å². The van der Waals surface area contributed by atoms with Gasteiger partial charge >= 0.3 is 11.9 Å². The van der Waals surface area contributed by atoms with Crippen LogP contribution in [0.25, 0.3) is 0 Å². The monoisotopic (exact) mass is 518 g/mol. The number of esters is 2. The Bertz CT molecular complexity index is 1050. The van der Waals surface area contributed by atoms with E-state index in [1.165, 1.54) is 5.57 Å². The number of Topliss-reactive ketones (excluding diaryl/α,β-unsaturated/α-hetero) is 1. The summed E-state index contributed by atoms with van der Waals surface area (Å²) in [5.41, 5.74) is -0.847. The summed E-state index contributed by atoms with van der Waals surface area (Å²) in [6.45, 7) is 12.9. The minimum atomic E-state index is -1.51. The van der Waals surface area contributed by atoms with E-state index in [0.717, 1.165) is 18.4 Å². The van der Waals surface area contributed by atoms with Crippen LogP contribution in [0, 0.1) is 28.6 Å². The van der Waals surface area contributed by atoms with Crippen LogP contribution in [0.4, 0.5) is 0 Å². The van der Waals surface area contributed by atoms with Gasteiger partial charge in [0.05, 0.1) is 11.0 Å². The molecule has 4 aliphatic carbocycles. The molecule has 0 aromatic carbocycles. The van der Waals surface area contributed by atoms with Crippen LogP contribution in [-0.4, -0.2) is 46.0 Å². The van der Waals surface area contributed by atoms with E-state index >= 15 is 0 Å². The van der Waals surface area contributed by atoms with Gasteiger partial charge in [-0.15, -0.1) is 11.6 Å². The van der Waals surface area contributed by atoms with Crippen molar-refractivity contribution in [3.05, 3.63) is 36.0 Å². The van der Waals surface area contributed by atoms with Crippen LogP contribution < -0.4 is 0 Å². The molecule has 0 heterocycles. The van der Waals surface area contributed by atoms with Crippen LogP contribution in [0.5, 0.6) is 0 Å². The van der Waals surface area contributed by atoms with Gasteiger partial charge < -0.3 is 14.6 Å². The number of alkyl halides is 1. The molecule has 1 N–H and O–H groups in total. The molecule has 8 atom stereocenters. The molecular weight excluding hydrogens is 480 g/mol. The van der Waals surface area contributed by atoms with Crippen molar-refractivity contribution < 1.29 is 29.0 Å². The minimum absolute atomic E-state index is 0.0687. The summed E-state index contributed by atoms with van der Waals surface area (Å²) in [7, 11) is 0. The fraction of sp³-hybridized carbons (Fsp3) is 0.690. The van der Waals surface area contributed by atoms with Crippen molar-refractivity contribution in [2.75, 3.05) is 6.61 Å². The topological polar surface area (TPSA) is 89.9 Å². The second-order valence-corrected chi connectivity index (χ2v) is 12.2. The van der Waals surface area contributed by atoms with Gasteiger partial charge in [0.25, 0.3) is 0 Å². The number of carbonyl (C=O) groups excluding carboxylic acids is 3. The van der Waals surface area contributed by atoms with Gasteiger partial charge in [-0.1, -0.05) is 65.0 Å². The Hall–Kier alpha value is -1.92. The molecule has 3 saturated carbocycles. The fourth-order valence-electron chi connectivity index (χ4n) is 8.08. The first-order valence-corrected chi connectivity index (χ1v) is 13.6. The van der Waals surface area contributed by atoms with Gasteiger partial charge in [-0.05, 0) is 43.1 Å². The maximum absolute atomic E-state index is 13.9. The summed E-state index contributed by atoms with van der Waals surface area (Å²) in [6.07, 6.45) is 7.83. The second kappa shape index (κ2) is 9.13. The Morgan fingerprint density at radius 1 is 1.17 bits per heavy atom. The van der Waals surface area contributed by atoms with Crippen LogP contribution in [0.2, 0.25) is 0 Å². The van der Waals surface area contributed by atoms with Gasteiger partial charge in [0.1, 0.15) is 0 Å². The maximum Gasteiger partial charge on any atom is 0.306 e. The Balaban J connectivity index is 1.80. The smallest absolute Gasteiger partial charge is 0.306 e. The van der Waals surface area contributed by atoms with Crippen LogP contribution in [-0.2, 0) is 23.9 Å². The summed E-state index contributed by atoms with van der Waals surface area (Å²) < 4.78 is 11.3. The quantitative estimate of drug-likeness (QED) is 0.390. The number of ether oxygens (including phenoxy) is 2. The van der Waals surface area contributed by atoms with Gasteiger partial charge in [-0.3, -0.25) is 14.4 Å². The number of hydrogen-bond acceptors (Lipinski definition) is 6. The Kier molecular flexibility index (Phi) is 6.88. The van der Waals surface area contributed by atoms with Crippen molar-refractivity contribution in [2.45, 2.75) is 89.7 Å². The summed E-state index contributed by atoms with van der Waals surface area (Å²) in [6, 6.07) is 0. The number of carbonyl (C=O) groups is 3. The molecule has 7 heteroatoms. The molecular formula is C29H39ClO6. The number of aliphatic hydroxyl groups excluding tert-OH is 1. The van der Waals surface area contributed by atoms with E-state index in [2.05, 4.69) is 25.7 Å². The average molecular weight is 519 g/mol. The van der Waals surface area contributed by atoms with Crippen LogP contribution in [0.15, 0.2) is 36.0 Å². The third-order valence-electron chi connectivity index (χ3n) is 9.90. The number of halogens is 1. The number of aliphatic hydroxyl groups is 1. The predicted molar refractivity (Wildman–Crippen MR) is 137 cm³/mol. The van der Waals surface area contributed by atoms with Crippen molar-refractivity contribution in [1.29, 1.82) is 0 Å². The molecule has 0 aliphatic heterocycles. The van der Waals surface area contributed by atoms with Gasteiger partial charge in [0.2, 0.25) is 5.78 Å². The highest BCUT2D eigenvalue weighted by molar-refractivity contribution is 6.26. The van der Waals surface area contributed by atoms with E-state index in [1.807, 2.05) is 19.9 Å². The molecule has 0 aromatic rings. The molecule has 0 spiro atoms. The summed E-state index contributed by atoms with van der Waals surface area (Å²) in [5, 5.41) is 11.8. The molecule has 4 rings (SSSR count). The molecule has 0 unspecified atom stereocenters. The fourth-order valence-corrected chi connectivity index (χ4v) is 8.61. The second-order valence-electron chi connectivity index (χ2n) is 11.6. The Morgan fingerprint density at radius 3 is 2.47 bits per heavy atom. The first-order chi connectivity index (χ1) is 16.8. The molecule has 198 valence electrons. The molecule has 0 saturated heterocycles. The molecule has 3 fully saturated rings. The number of ketones is 1. The van der Waals surface area contributed by atoms with E-state index in [1.54, 1.807) is 13.8 Å². The highest BCUT2D eigenvalue weighted by Gasteiger charge is 2.76. The first kappa shape index (κ1) is 27.1. The van der Waals surface area contributed by atoms with E-state index < -0.39 is 51.7 Å². The van der Waals surface area contributed by atoms with E-state index in [9.17, 15) is 19.5 Å². The van der Waals surface area contributed by atoms with E-state index in [4.69, 9.17) is 21.1 Å². The number of allylic oxidation sites excluding steroid dienone is 5. The molecule has 0 amide bonds. The van der Waals surface area contributed by atoms with Crippen molar-refractivity contribution in [3.8, 4) is 0 Å². The maximum atomic E-state index is 13.9. The van der Waals surface area contributed by atoms with Crippen LogP contribution >= 0.6 is 11.6 Å². The molecule has 4 aliphatic rings. The predicted octanol–water partition coefficient (Wildman–Crippen LogP) is 5.07. The highest BCUT2D eigenvalue weighted by atomic mass is 35.5. The van der Waals surface area contributed by atoms with Crippen molar-refractivity contribution in [2.24, 2.45) is 28.6 Å². The normalized spacial score (nSPS) is 43.1. The lowest BCUT2D eigenvalue weighted by atomic mass is 9.45. The number of fused-ring (bicyclic) bond motifs is 5. The summed E-state index contributed by atoms with van der Waals surface area (Å²) in [4.78, 5) is 37.5. The largest absolute Gasteiger partial charge is 0.457 e. The zero-order valence-electron chi connectivity index (χ0n) is 22.1. The number of hydrogen-bond donors (Lipinski definition) is 1. The first-order valence-electron chi connectivity index (χ1n) is 13.2. The van der Waals surface area contributed by atoms with Crippen molar-refractivity contribution >= 4 is 29.3 Å². The van der Waals surface area contributed by atoms with Gasteiger partial charge in [0, 0.05) is 29.6 Å². The van der Waals surface area contributed by atoms with Gasteiger partial charge in [-0.2, -0.15) is 0 Å². The Morgan fingerprint density at radius 2 is 1.83 bits per heavy atom. The SMILES string of the molecule is C=C1C=C[C@@]2(C)C(=C1)CC[C@H]1[C@@H]3C[C@H](C)[C@](OC(=O)CC)(C(=O)COC(=O)CC)[C@@]3(C)C[C@H](O)[C@@]12Cl. The minimum Gasteiger partial charge on any atom is -0.457 e. The summed E-state index contributed by atoms with van der Waals surface area (Å²) in [5.74, 6) is -1.89. The third kappa shape index (κ3) is 3.50. The molecule has 0 radical (unpaired) electrons. The molecule has 0 bridgehead atoms. The lowest BCUT2D eigenvalue weighted by Gasteiger charge is -2.64. The number of rotatable bonds is 6. The average Bonchev–Trinajstić information content (AvgIpc) is 3.05. The Labute approximate surface area is 219 Å². The third-order valence-corrected chi connectivity index (χ3v) is 10.8. The molecule has 6 nitrogen and oxygen atoms in total. The lowest BCUT2D eigenvalue weighted by molar-refractivity contribution is -0.203. The molecule has 36 heavy (non-hydrogen) atoms. The standard InChI is InChI=1S/C29H39ClO6/c1-7-24(33)35-16-23(32)29(36-25(34)8-2)18(4)14-21-20-10-9-19-13-17(3)11-12-26(19,5)28(20,30)22(31)15-27(21,29)6/h11-13,18,20-22,31H,3,7-10,14-16H2,1-2,4-6H3/t18-,20-,21-,22-,26-,27-,28-,29-/m0/s1. The lowest BCUT2D eigenvalue weighted by Crippen LogP contribution is -2.69. The van der Waals surface area contributed by atoms with Crippen LogP contribution in [0.3, 0.4) is 0 Å². The highest BCUT2D eigenvalue weighted by Crippen LogP contribution is 2.72. The van der Waals surface area contributed by atoms with Crippen molar-refractivity contribution in [1.82, 2.24) is 0 Å². The van der Waals surface area contributed by atoms with E-state index in [0.29, 0.717) is 6.42 Å². The van der Waals surface area contributed by atoms with Gasteiger partial charge in [-0.25, -0.2) is 0 Å². The zero-order chi connectivity index (χ0) is 26.7. The van der Waals surface area contributed by atoms with Crippen molar-refractivity contribution in [3.63, 3.8) is 0 Å². The zero-order valence-corrected chi connectivity index (χ0v) is 22.8. The van der Waals surface area contributed by atoms with Gasteiger partial charge in [0.15, 0.2) is 12.2 Å². The molecule has 0 aromatic heterocycles.